The summed E-state index contributed by atoms with van der Waals surface area (Å²) in [7, 11) is 0. The SMILES string of the molecule is O=C(O)CCC1CCCN(Cc2nc(-c3cccc(Br)c3)no2)C1. The molecule has 24 heavy (non-hydrogen) atoms. The van der Waals surface area contributed by atoms with Gasteiger partial charge in [0, 0.05) is 23.0 Å². The Morgan fingerprint density at radius 1 is 1.46 bits per heavy atom. The molecule has 1 aromatic carbocycles. The van der Waals surface area contributed by atoms with Crippen molar-refractivity contribution >= 4 is 21.9 Å². The van der Waals surface area contributed by atoms with Crippen LogP contribution >= 0.6 is 15.9 Å². The lowest BCUT2D eigenvalue weighted by atomic mass is 9.93. The molecule has 1 aliphatic rings. The Morgan fingerprint density at radius 2 is 2.33 bits per heavy atom. The number of benzene rings is 1. The van der Waals surface area contributed by atoms with Crippen molar-refractivity contribution in [2.45, 2.75) is 32.2 Å². The molecule has 0 saturated carbocycles. The summed E-state index contributed by atoms with van der Waals surface area (Å²) in [6.45, 7) is 2.49. The molecule has 0 amide bonds. The first-order valence-electron chi connectivity index (χ1n) is 8.13. The maximum atomic E-state index is 10.7. The number of aromatic nitrogens is 2. The van der Waals surface area contributed by atoms with Gasteiger partial charge in [-0.1, -0.05) is 33.2 Å². The van der Waals surface area contributed by atoms with Gasteiger partial charge in [0.15, 0.2) is 0 Å². The smallest absolute Gasteiger partial charge is 0.303 e. The van der Waals surface area contributed by atoms with Gasteiger partial charge in [-0.25, -0.2) is 0 Å². The van der Waals surface area contributed by atoms with Crippen molar-refractivity contribution in [3.8, 4) is 11.4 Å². The Balaban J connectivity index is 1.59. The van der Waals surface area contributed by atoms with Crippen LogP contribution in [0, 0.1) is 5.92 Å². The quantitative estimate of drug-likeness (QED) is 0.807. The number of hydrogen-bond acceptors (Lipinski definition) is 5. The molecule has 3 rings (SSSR count). The van der Waals surface area contributed by atoms with Crippen LogP contribution in [0.5, 0.6) is 0 Å². The van der Waals surface area contributed by atoms with Crippen LogP contribution in [0.15, 0.2) is 33.3 Å². The summed E-state index contributed by atoms with van der Waals surface area (Å²) < 4.78 is 6.36. The minimum absolute atomic E-state index is 0.242. The number of aliphatic carboxylic acids is 1. The molecular weight excluding hydrogens is 374 g/mol. The van der Waals surface area contributed by atoms with E-state index in [2.05, 4.69) is 31.0 Å². The first kappa shape index (κ1) is 17.1. The summed E-state index contributed by atoms with van der Waals surface area (Å²) in [5.74, 6) is 0.902. The zero-order chi connectivity index (χ0) is 16.9. The number of carboxylic acids is 1. The number of halogens is 1. The van der Waals surface area contributed by atoms with E-state index in [1.807, 2.05) is 24.3 Å². The van der Waals surface area contributed by atoms with E-state index in [1.54, 1.807) is 0 Å². The fourth-order valence-electron chi connectivity index (χ4n) is 3.11. The van der Waals surface area contributed by atoms with Crippen LogP contribution in [0.1, 0.15) is 31.6 Å². The second kappa shape index (κ2) is 7.90. The maximum absolute atomic E-state index is 10.7. The van der Waals surface area contributed by atoms with Gasteiger partial charge in [0.25, 0.3) is 0 Å². The van der Waals surface area contributed by atoms with Gasteiger partial charge in [0.1, 0.15) is 0 Å². The average Bonchev–Trinajstić information content (AvgIpc) is 3.02. The van der Waals surface area contributed by atoms with E-state index in [0.29, 0.717) is 24.2 Å². The number of nitrogens with zero attached hydrogens (tertiary/aromatic N) is 3. The molecule has 2 heterocycles. The number of carbonyl (C=O) groups is 1. The zero-order valence-corrected chi connectivity index (χ0v) is 14.9. The average molecular weight is 394 g/mol. The number of carboxylic acid groups (broad SMARTS) is 1. The largest absolute Gasteiger partial charge is 0.481 e. The highest BCUT2D eigenvalue weighted by molar-refractivity contribution is 9.10. The lowest BCUT2D eigenvalue weighted by Crippen LogP contribution is -2.35. The first-order chi connectivity index (χ1) is 11.6. The summed E-state index contributed by atoms with van der Waals surface area (Å²) in [6, 6.07) is 7.79. The van der Waals surface area contributed by atoms with Gasteiger partial charge in [-0.2, -0.15) is 4.98 Å². The summed E-state index contributed by atoms with van der Waals surface area (Å²) in [4.78, 5) is 17.5. The summed E-state index contributed by atoms with van der Waals surface area (Å²) in [6.07, 6.45) is 3.15. The van der Waals surface area contributed by atoms with Crippen molar-refractivity contribution in [2.24, 2.45) is 5.92 Å². The van der Waals surface area contributed by atoms with Gasteiger partial charge in [0.05, 0.1) is 6.54 Å². The van der Waals surface area contributed by atoms with E-state index in [-0.39, 0.29) is 6.42 Å². The molecule has 1 unspecified atom stereocenters. The topological polar surface area (TPSA) is 79.5 Å². The predicted octanol–water partition coefficient (Wildman–Crippen LogP) is 3.58. The summed E-state index contributed by atoms with van der Waals surface area (Å²) in [5, 5.41) is 12.9. The minimum Gasteiger partial charge on any atom is -0.481 e. The summed E-state index contributed by atoms with van der Waals surface area (Å²) in [5.41, 5.74) is 0.914. The Bertz CT molecular complexity index is 704. The molecular formula is C17H20BrN3O3. The molecule has 0 bridgehead atoms. The van der Waals surface area contributed by atoms with Crippen LogP contribution in [0.3, 0.4) is 0 Å². The van der Waals surface area contributed by atoms with Gasteiger partial charge < -0.3 is 9.63 Å². The molecule has 1 saturated heterocycles. The highest BCUT2D eigenvalue weighted by Crippen LogP contribution is 2.24. The highest BCUT2D eigenvalue weighted by atomic mass is 79.9. The third-order valence-corrected chi connectivity index (χ3v) is 4.77. The second-order valence-electron chi connectivity index (χ2n) is 6.20. The lowest BCUT2D eigenvalue weighted by Gasteiger charge is -2.31. The van der Waals surface area contributed by atoms with Gasteiger partial charge >= 0.3 is 5.97 Å². The van der Waals surface area contributed by atoms with Crippen LogP contribution in [0.4, 0.5) is 0 Å². The van der Waals surface area contributed by atoms with Gasteiger partial charge in [0.2, 0.25) is 11.7 Å². The van der Waals surface area contributed by atoms with Crippen molar-refractivity contribution in [1.29, 1.82) is 0 Å². The van der Waals surface area contributed by atoms with Crippen molar-refractivity contribution < 1.29 is 14.4 Å². The molecule has 2 aromatic rings. The Hall–Kier alpha value is -1.73. The molecule has 0 spiro atoms. The van der Waals surface area contributed by atoms with Crippen LogP contribution in [-0.4, -0.2) is 39.2 Å². The first-order valence-corrected chi connectivity index (χ1v) is 8.92. The molecule has 6 nitrogen and oxygen atoms in total. The summed E-state index contributed by atoms with van der Waals surface area (Å²) >= 11 is 3.44. The van der Waals surface area contributed by atoms with E-state index in [0.717, 1.165) is 42.4 Å². The van der Waals surface area contributed by atoms with Crippen LogP contribution in [-0.2, 0) is 11.3 Å². The number of rotatable bonds is 6. The zero-order valence-electron chi connectivity index (χ0n) is 13.3. The number of hydrogen-bond donors (Lipinski definition) is 1. The van der Waals surface area contributed by atoms with Gasteiger partial charge in [-0.3, -0.25) is 9.69 Å². The Labute approximate surface area is 149 Å². The standard InChI is InChI=1S/C17H20BrN3O3/c18-14-5-1-4-13(9-14)17-19-15(24-20-17)11-21-8-2-3-12(10-21)6-7-16(22)23/h1,4-5,9,12H,2-3,6-8,10-11H2,(H,22,23). The van der Waals surface area contributed by atoms with Crippen molar-refractivity contribution in [3.63, 3.8) is 0 Å². The van der Waals surface area contributed by atoms with Crippen molar-refractivity contribution in [1.82, 2.24) is 15.0 Å². The Kier molecular flexibility index (Phi) is 5.63. The van der Waals surface area contributed by atoms with E-state index in [9.17, 15) is 4.79 Å². The predicted molar refractivity (Wildman–Crippen MR) is 92.3 cm³/mol. The molecule has 1 fully saturated rings. The third-order valence-electron chi connectivity index (χ3n) is 4.28. The lowest BCUT2D eigenvalue weighted by molar-refractivity contribution is -0.137. The van der Waals surface area contributed by atoms with E-state index in [4.69, 9.17) is 9.63 Å². The molecule has 7 heteroatoms. The fraction of sp³-hybridized carbons (Fsp3) is 0.471. The number of likely N-dealkylation sites (tertiary alicyclic amines) is 1. The van der Waals surface area contributed by atoms with E-state index < -0.39 is 5.97 Å². The highest BCUT2D eigenvalue weighted by Gasteiger charge is 2.22. The van der Waals surface area contributed by atoms with Gasteiger partial charge in [-0.05, 0) is 43.9 Å². The molecule has 1 aromatic heterocycles. The maximum Gasteiger partial charge on any atom is 0.303 e. The second-order valence-corrected chi connectivity index (χ2v) is 7.11. The van der Waals surface area contributed by atoms with Crippen molar-refractivity contribution in [3.05, 3.63) is 34.6 Å². The molecule has 1 atom stereocenters. The van der Waals surface area contributed by atoms with Crippen LogP contribution in [0.25, 0.3) is 11.4 Å². The van der Waals surface area contributed by atoms with Crippen LogP contribution < -0.4 is 0 Å². The molecule has 0 aliphatic carbocycles. The fourth-order valence-corrected chi connectivity index (χ4v) is 3.51. The normalized spacial score (nSPS) is 18.6. The molecule has 1 aliphatic heterocycles. The minimum atomic E-state index is -0.720. The van der Waals surface area contributed by atoms with E-state index in [1.165, 1.54) is 0 Å². The van der Waals surface area contributed by atoms with Gasteiger partial charge in [-0.15, -0.1) is 0 Å². The van der Waals surface area contributed by atoms with E-state index >= 15 is 0 Å². The number of piperidine rings is 1. The Morgan fingerprint density at radius 3 is 3.12 bits per heavy atom. The monoisotopic (exact) mass is 393 g/mol. The molecule has 128 valence electrons. The molecule has 1 N–H and O–H groups in total. The molecule has 0 radical (unpaired) electrons. The van der Waals surface area contributed by atoms with Crippen molar-refractivity contribution in [2.75, 3.05) is 13.1 Å². The van der Waals surface area contributed by atoms with Crippen LogP contribution in [0.2, 0.25) is 0 Å². The third kappa shape index (κ3) is 4.64.